The summed E-state index contributed by atoms with van der Waals surface area (Å²) in [6.45, 7) is 2.28. The number of hydrogen-bond acceptors (Lipinski definition) is 3. The Morgan fingerprint density at radius 1 is 1.06 bits per heavy atom. The van der Waals surface area contributed by atoms with Gasteiger partial charge in [-0.2, -0.15) is 0 Å². The molecule has 1 aromatic carbocycles. The van der Waals surface area contributed by atoms with Gasteiger partial charge in [0.25, 0.3) is 0 Å². The molecule has 0 bridgehead atoms. The molecule has 1 saturated heterocycles. The van der Waals surface area contributed by atoms with E-state index in [-0.39, 0.29) is 0 Å². The van der Waals surface area contributed by atoms with E-state index in [1.165, 1.54) is 24.1 Å². The molecule has 0 saturated carbocycles. The Balaban J connectivity index is 2.00. The zero-order valence-corrected chi connectivity index (χ0v) is 9.21. The Morgan fingerprint density at radius 2 is 1.88 bits per heavy atom. The molecule has 0 amide bonds. The van der Waals surface area contributed by atoms with E-state index in [0.29, 0.717) is 0 Å². The van der Waals surface area contributed by atoms with E-state index in [4.69, 9.17) is 0 Å². The molecule has 0 spiro atoms. The summed E-state index contributed by atoms with van der Waals surface area (Å²) in [7, 11) is 0. The van der Waals surface area contributed by atoms with Crippen molar-refractivity contribution in [2.45, 2.75) is 12.8 Å². The number of rotatable bonds is 1. The van der Waals surface area contributed by atoms with E-state index in [1.807, 2.05) is 18.6 Å². The molecule has 16 heavy (non-hydrogen) atoms. The number of benzene rings is 1. The van der Waals surface area contributed by atoms with Gasteiger partial charge in [0.05, 0.1) is 5.69 Å². The molecule has 0 N–H and O–H groups in total. The van der Waals surface area contributed by atoms with Crippen molar-refractivity contribution in [1.82, 2.24) is 5.01 Å². The van der Waals surface area contributed by atoms with Gasteiger partial charge in [0.15, 0.2) is 0 Å². The summed E-state index contributed by atoms with van der Waals surface area (Å²) in [4.78, 5) is 4.26. The molecular formula is C13H15N3. The van der Waals surface area contributed by atoms with Crippen LogP contribution in [0.2, 0.25) is 0 Å². The third kappa shape index (κ3) is 1.63. The summed E-state index contributed by atoms with van der Waals surface area (Å²) in [6, 6.07) is 8.39. The average Bonchev–Trinajstić information content (AvgIpc) is 2.76. The number of para-hydroxylation sites is 1. The number of nitrogens with zero attached hydrogens (tertiary/aromatic N) is 3. The molecule has 82 valence electrons. The number of aliphatic imine (C=N–C) groups is 1. The van der Waals surface area contributed by atoms with Crippen molar-refractivity contribution in [3.63, 3.8) is 0 Å². The van der Waals surface area contributed by atoms with E-state index in [2.05, 4.69) is 39.3 Å². The molecule has 2 heterocycles. The fraction of sp³-hybridized carbons (Fsp3) is 0.308. The minimum Gasteiger partial charge on any atom is -0.279 e. The molecule has 0 unspecified atom stereocenters. The average molecular weight is 213 g/mol. The first-order valence-electron chi connectivity index (χ1n) is 5.78. The van der Waals surface area contributed by atoms with E-state index in [0.717, 1.165) is 13.1 Å². The van der Waals surface area contributed by atoms with Crippen LogP contribution in [0.3, 0.4) is 0 Å². The van der Waals surface area contributed by atoms with Crippen LogP contribution in [0.15, 0.2) is 41.7 Å². The van der Waals surface area contributed by atoms with Gasteiger partial charge >= 0.3 is 0 Å². The van der Waals surface area contributed by atoms with Crippen LogP contribution in [0.5, 0.6) is 0 Å². The highest BCUT2D eigenvalue weighted by Crippen LogP contribution is 2.25. The maximum atomic E-state index is 4.26. The van der Waals surface area contributed by atoms with Crippen molar-refractivity contribution in [3.05, 3.63) is 42.2 Å². The number of hydrazine groups is 1. The lowest BCUT2D eigenvalue weighted by Gasteiger charge is -2.30. The zero-order chi connectivity index (χ0) is 10.8. The molecule has 0 radical (unpaired) electrons. The van der Waals surface area contributed by atoms with Crippen molar-refractivity contribution in [2.75, 3.05) is 18.1 Å². The molecule has 2 aliphatic rings. The smallest absolute Gasteiger partial charge is 0.0661 e. The molecule has 1 aromatic rings. The maximum absolute atomic E-state index is 4.26. The lowest BCUT2D eigenvalue weighted by atomic mass is 10.2. The van der Waals surface area contributed by atoms with Crippen LogP contribution in [-0.2, 0) is 0 Å². The highest BCUT2D eigenvalue weighted by atomic mass is 15.6. The summed E-state index contributed by atoms with van der Waals surface area (Å²) in [5, 5.41) is 4.61. The Kier molecular flexibility index (Phi) is 2.46. The van der Waals surface area contributed by atoms with Crippen LogP contribution in [0.1, 0.15) is 18.4 Å². The van der Waals surface area contributed by atoms with Gasteiger partial charge < -0.3 is 0 Å². The third-order valence-electron chi connectivity index (χ3n) is 3.08. The van der Waals surface area contributed by atoms with Crippen LogP contribution in [-0.4, -0.2) is 24.3 Å². The SMILES string of the molecule is C1=CN(N2CCCC2)c2ccccc2C=N1. The highest BCUT2D eigenvalue weighted by Gasteiger charge is 2.20. The van der Waals surface area contributed by atoms with Gasteiger partial charge in [0.1, 0.15) is 0 Å². The summed E-state index contributed by atoms with van der Waals surface area (Å²) in [5.74, 6) is 0. The number of fused-ring (bicyclic) bond motifs is 1. The van der Waals surface area contributed by atoms with Crippen molar-refractivity contribution in [3.8, 4) is 0 Å². The van der Waals surface area contributed by atoms with Crippen LogP contribution in [0, 0.1) is 0 Å². The molecule has 0 atom stereocenters. The molecule has 2 aliphatic heterocycles. The van der Waals surface area contributed by atoms with Gasteiger partial charge in [-0.1, -0.05) is 18.2 Å². The Bertz CT molecular complexity index is 431. The summed E-state index contributed by atoms with van der Waals surface area (Å²) < 4.78 is 0. The first-order chi connectivity index (χ1) is 7.95. The van der Waals surface area contributed by atoms with Crippen molar-refractivity contribution in [2.24, 2.45) is 4.99 Å². The Hall–Kier alpha value is -1.61. The molecular weight excluding hydrogens is 198 g/mol. The topological polar surface area (TPSA) is 18.8 Å². The molecule has 0 aliphatic carbocycles. The Morgan fingerprint density at radius 3 is 2.75 bits per heavy atom. The summed E-state index contributed by atoms with van der Waals surface area (Å²) in [5.41, 5.74) is 2.40. The quantitative estimate of drug-likeness (QED) is 0.713. The lowest BCUT2D eigenvalue weighted by molar-refractivity contribution is 0.341. The number of hydrogen-bond donors (Lipinski definition) is 0. The normalized spacial score (nSPS) is 19.9. The Labute approximate surface area is 95.7 Å². The van der Waals surface area contributed by atoms with Crippen LogP contribution in [0.4, 0.5) is 5.69 Å². The largest absolute Gasteiger partial charge is 0.279 e. The third-order valence-corrected chi connectivity index (χ3v) is 3.08. The van der Waals surface area contributed by atoms with E-state index in [9.17, 15) is 0 Å². The lowest BCUT2D eigenvalue weighted by Crippen LogP contribution is -2.36. The van der Waals surface area contributed by atoms with Gasteiger partial charge in [0.2, 0.25) is 0 Å². The number of anilines is 1. The highest BCUT2D eigenvalue weighted by molar-refractivity contribution is 5.89. The van der Waals surface area contributed by atoms with Crippen molar-refractivity contribution < 1.29 is 0 Å². The summed E-state index contributed by atoms with van der Waals surface area (Å²) >= 11 is 0. The van der Waals surface area contributed by atoms with E-state index >= 15 is 0 Å². The van der Waals surface area contributed by atoms with Crippen molar-refractivity contribution >= 4 is 11.9 Å². The predicted molar refractivity (Wildman–Crippen MR) is 66.5 cm³/mol. The molecule has 3 rings (SSSR count). The molecule has 1 fully saturated rings. The second-order valence-electron chi connectivity index (χ2n) is 4.14. The minimum atomic E-state index is 1.14. The van der Waals surface area contributed by atoms with Gasteiger partial charge in [0, 0.05) is 37.3 Å². The fourth-order valence-corrected chi connectivity index (χ4v) is 2.27. The molecule has 3 heteroatoms. The molecule has 0 aromatic heterocycles. The molecule has 3 nitrogen and oxygen atoms in total. The summed E-state index contributed by atoms with van der Waals surface area (Å²) in [6.07, 6.45) is 8.40. The van der Waals surface area contributed by atoms with E-state index < -0.39 is 0 Å². The fourth-order valence-electron chi connectivity index (χ4n) is 2.27. The second-order valence-corrected chi connectivity index (χ2v) is 4.14. The van der Waals surface area contributed by atoms with Gasteiger partial charge in [-0.15, -0.1) is 0 Å². The van der Waals surface area contributed by atoms with Crippen molar-refractivity contribution in [1.29, 1.82) is 0 Å². The van der Waals surface area contributed by atoms with E-state index in [1.54, 1.807) is 0 Å². The monoisotopic (exact) mass is 213 g/mol. The van der Waals surface area contributed by atoms with Crippen LogP contribution >= 0.6 is 0 Å². The van der Waals surface area contributed by atoms with Gasteiger partial charge in [-0.05, 0) is 18.9 Å². The minimum absolute atomic E-state index is 1.14. The standard InChI is InChI=1S/C13H15N3/c1-2-6-13-12(5-1)11-14-7-10-16(13)15-8-3-4-9-15/h1-2,5-7,10-11H,3-4,8-9H2. The maximum Gasteiger partial charge on any atom is 0.0661 e. The first kappa shape index (κ1) is 9.60. The van der Waals surface area contributed by atoms with Gasteiger partial charge in [-0.25, -0.2) is 5.01 Å². The predicted octanol–water partition coefficient (Wildman–Crippen LogP) is 2.41. The first-order valence-corrected chi connectivity index (χ1v) is 5.78. The zero-order valence-electron chi connectivity index (χ0n) is 9.21. The van der Waals surface area contributed by atoms with Crippen LogP contribution in [0.25, 0.3) is 0 Å². The van der Waals surface area contributed by atoms with Gasteiger partial charge in [-0.3, -0.25) is 10.0 Å². The second kappa shape index (κ2) is 4.10. The van der Waals surface area contributed by atoms with Crippen LogP contribution < -0.4 is 5.01 Å².